The molecular weight excluding hydrogens is 436 g/mol. The summed E-state index contributed by atoms with van der Waals surface area (Å²) in [7, 11) is 0. The summed E-state index contributed by atoms with van der Waals surface area (Å²) in [6.45, 7) is 0.855. The first kappa shape index (κ1) is 20.4. The average molecular weight is 455 g/mol. The molecule has 156 valence electrons. The summed E-state index contributed by atoms with van der Waals surface area (Å²) < 4.78 is 2.25. The number of imidazole rings is 1. The second kappa shape index (κ2) is 8.96. The minimum Gasteiger partial charge on any atom is -0.346 e. The molecule has 5 aromatic rings. The van der Waals surface area contributed by atoms with Crippen LogP contribution >= 0.6 is 23.4 Å². The number of thioether (sulfide) groups is 1. The van der Waals surface area contributed by atoms with E-state index in [0.29, 0.717) is 11.4 Å². The Labute approximate surface area is 195 Å². The third-order valence-electron chi connectivity index (χ3n) is 5.30. The number of aromatic amines is 1. The number of hydrogen-bond acceptors (Lipinski definition) is 3. The van der Waals surface area contributed by atoms with E-state index in [1.807, 2.05) is 66.7 Å². The van der Waals surface area contributed by atoms with Gasteiger partial charge in [0.25, 0.3) is 0 Å². The zero-order valence-corrected chi connectivity index (χ0v) is 18.7. The molecule has 0 fully saturated rings. The van der Waals surface area contributed by atoms with E-state index in [0.717, 1.165) is 44.8 Å². The van der Waals surface area contributed by atoms with Gasteiger partial charge in [0.15, 0.2) is 0 Å². The number of para-hydroxylation sites is 3. The van der Waals surface area contributed by atoms with Gasteiger partial charge in [-0.05, 0) is 48.5 Å². The molecule has 0 unspecified atom stereocenters. The van der Waals surface area contributed by atoms with E-state index in [2.05, 4.69) is 38.9 Å². The van der Waals surface area contributed by atoms with Crippen LogP contribution in [0, 0.1) is 11.3 Å². The Morgan fingerprint density at radius 2 is 1.84 bits per heavy atom. The number of rotatable bonds is 6. The van der Waals surface area contributed by atoms with Gasteiger partial charge in [-0.15, -0.1) is 11.8 Å². The van der Waals surface area contributed by atoms with E-state index in [1.54, 1.807) is 11.8 Å². The maximum absolute atomic E-state index is 9.83. The highest BCUT2D eigenvalue weighted by atomic mass is 35.5. The molecule has 0 atom stereocenters. The fraction of sp³-hybridized carbons (Fsp3) is 0.0769. The zero-order valence-electron chi connectivity index (χ0n) is 17.1. The summed E-state index contributed by atoms with van der Waals surface area (Å²) in [4.78, 5) is 9.04. The van der Waals surface area contributed by atoms with E-state index in [9.17, 15) is 5.26 Å². The van der Waals surface area contributed by atoms with E-state index in [4.69, 9.17) is 11.6 Å². The van der Waals surface area contributed by atoms with Gasteiger partial charge in [-0.3, -0.25) is 0 Å². The van der Waals surface area contributed by atoms with Crippen LogP contribution in [0.5, 0.6) is 0 Å². The monoisotopic (exact) mass is 454 g/mol. The number of nitrogens with one attached hydrogen (secondary N) is 1. The number of allylic oxidation sites excluding steroid dienone is 1. The predicted octanol–water partition coefficient (Wildman–Crippen LogP) is 7.03. The van der Waals surface area contributed by atoms with Crippen LogP contribution in [0.25, 0.3) is 33.6 Å². The molecule has 0 aliphatic heterocycles. The Hall–Kier alpha value is -3.46. The van der Waals surface area contributed by atoms with Gasteiger partial charge >= 0.3 is 0 Å². The van der Waals surface area contributed by atoms with Gasteiger partial charge in [0.2, 0.25) is 0 Å². The van der Waals surface area contributed by atoms with Gasteiger partial charge in [-0.1, -0.05) is 41.9 Å². The number of H-pyrrole nitrogens is 1. The van der Waals surface area contributed by atoms with Crippen LogP contribution < -0.4 is 0 Å². The van der Waals surface area contributed by atoms with Crippen LogP contribution in [-0.2, 0) is 6.54 Å². The van der Waals surface area contributed by atoms with E-state index in [-0.39, 0.29) is 0 Å². The number of halogens is 1. The maximum Gasteiger partial charge on any atom is 0.149 e. The van der Waals surface area contributed by atoms with Crippen LogP contribution in [0.2, 0.25) is 5.02 Å². The molecule has 1 N–H and O–H groups in total. The van der Waals surface area contributed by atoms with Crippen molar-refractivity contribution in [2.75, 3.05) is 5.75 Å². The number of aryl methyl sites for hydroxylation is 1. The summed E-state index contributed by atoms with van der Waals surface area (Å²) >= 11 is 7.78. The Morgan fingerprint density at radius 3 is 2.66 bits per heavy atom. The van der Waals surface area contributed by atoms with Gasteiger partial charge in [0, 0.05) is 44.9 Å². The molecule has 0 bridgehead atoms. The molecule has 0 saturated carbocycles. The van der Waals surface area contributed by atoms with Crippen LogP contribution in [0.1, 0.15) is 11.4 Å². The quantitative estimate of drug-likeness (QED) is 0.221. The lowest BCUT2D eigenvalue weighted by Crippen LogP contribution is -1.98. The molecule has 2 aromatic heterocycles. The first-order valence-corrected chi connectivity index (χ1v) is 11.6. The van der Waals surface area contributed by atoms with Crippen LogP contribution in [0.4, 0.5) is 0 Å². The number of aromatic nitrogens is 3. The fourth-order valence-electron chi connectivity index (χ4n) is 3.76. The Bertz CT molecular complexity index is 1440. The number of nitrogens with zero attached hydrogens (tertiary/aromatic N) is 3. The van der Waals surface area contributed by atoms with E-state index in [1.165, 1.54) is 4.90 Å². The SMILES string of the molecule is N#C/C(=C/c1cn(CCSc2ccc(Cl)cc2)c2ccccc12)c1nc2ccccc2[nH]1. The standard InChI is InChI=1S/C26H19ClN4S/c27-20-9-11-21(12-10-20)32-14-13-31-17-19(22-5-1-4-8-25(22)31)15-18(16-28)26-29-23-6-2-3-7-24(23)30-26/h1-12,15,17H,13-14H2,(H,29,30)/b18-15-. The molecule has 0 amide bonds. The minimum absolute atomic E-state index is 0.514. The van der Waals surface area contributed by atoms with Crippen LogP contribution in [-0.4, -0.2) is 20.3 Å². The van der Waals surface area contributed by atoms with Crippen molar-refractivity contribution in [3.8, 4) is 6.07 Å². The minimum atomic E-state index is 0.514. The lowest BCUT2D eigenvalue weighted by molar-refractivity contribution is 0.807. The van der Waals surface area contributed by atoms with Crippen LogP contribution in [0.3, 0.4) is 0 Å². The molecular formula is C26H19ClN4S. The maximum atomic E-state index is 9.83. The van der Waals surface area contributed by atoms with Crippen molar-refractivity contribution in [3.63, 3.8) is 0 Å². The van der Waals surface area contributed by atoms with Crippen molar-refractivity contribution >= 4 is 56.9 Å². The number of fused-ring (bicyclic) bond motifs is 2. The van der Waals surface area contributed by atoms with Gasteiger partial charge in [-0.2, -0.15) is 5.26 Å². The summed E-state index contributed by atoms with van der Waals surface area (Å²) in [6.07, 6.45) is 4.04. The Morgan fingerprint density at radius 1 is 1.06 bits per heavy atom. The first-order valence-electron chi connectivity index (χ1n) is 10.2. The van der Waals surface area contributed by atoms with Crippen molar-refractivity contribution < 1.29 is 0 Å². The lowest BCUT2D eigenvalue weighted by atomic mass is 10.1. The Kier molecular flexibility index (Phi) is 5.72. The number of nitriles is 1. The molecule has 0 aliphatic rings. The largest absolute Gasteiger partial charge is 0.346 e. The van der Waals surface area contributed by atoms with E-state index < -0.39 is 0 Å². The summed E-state index contributed by atoms with van der Waals surface area (Å²) in [6, 6.07) is 26.3. The predicted molar refractivity (Wildman–Crippen MR) is 134 cm³/mol. The van der Waals surface area contributed by atoms with Crippen LogP contribution in [0.15, 0.2) is 83.9 Å². The van der Waals surface area contributed by atoms with Crippen molar-refractivity contribution in [2.24, 2.45) is 0 Å². The van der Waals surface area contributed by atoms with Gasteiger partial charge in [-0.25, -0.2) is 4.98 Å². The number of hydrogen-bond donors (Lipinski definition) is 1. The highest BCUT2D eigenvalue weighted by Crippen LogP contribution is 2.27. The molecule has 6 heteroatoms. The molecule has 5 rings (SSSR count). The second-order valence-corrected chi connectivity index (χ2v) is 8.97. The van der Waals surface area contributed by atoms with Gasteiger partial charge in [0.1, 0.15) is 11.9 Å². The summed E-state index contributed by atoms with van der Waals surface area (Å²) in [5, 5.41) is 11.7. The van der Waals surface area contributed by atoms with E-state index >= 15 is 0 Å². The molecule has 2 heterocycles. The Balaban J connectivity index is 1.44. The lowest BCUT2D eigenvalue weighted by Gasteiger charge is -2.05. The highest BCUT2D eigenvalue weighted by Gasteiger charge is 2.11. The third-order valence-corrected chi connectivity index (χ3v) is 6.54. The summed E-state index contributed by atoms with van der Waals surface area (Å²) in [5.41, 5.74) is 4.45. The van der Waals surface area contributed by atoms with Crippen molar-refractivity contribution in [1.29, 1.82) is 5.26 Å². The normalized spacial score (nSPS) is 11.8. The molecule has 4 nitrogen and oxygen atoms in total. The average Bonchev–Trinajstić information content (AvgIpc) is 3.40. The number of benzene rings is 3. The molecule has 0 aliphatic carbocycles. The zero-order chi connectivity index (χ0) is 21.9. The molecule has 0 radical (unpaired) electrons. The molecule has 0 spiro atoms. The smallest absolute Gasteiger partial charge is 0.149 e. The third kappa shape index (κ3) is 4.16. The second-order valence-electron chi connectivity index (χ2n) is 7.37. The van der Waals surface area contributed by atoms with Crippen molar-refractivity contribution in [2.45, 2.75) is 11.4 Å². The summed E-state index contributed by atoms with van der Waals surface area (Å²) in [5.74, 6) is 1.52. The fourth-order valence-corrected chi connectivity index (χ4v) is 4.74. The van der Waals surface area contributed by atoms with Gasteiger partial charge < -0.3 is 9.55 Å². The van der Waals surface area contributed by atoms with Crippen molar-refractivity contribution in [3.05, 3.63) is 95.4 Å². The molecule has 0 saturated heterocycles. The topological polar surface area (TPSA) is 57.4 Å². The highest BCUT2D eigenvalue weighted by molar-refractivity contribution is 7.99. The van der Waals surface area contributed by atoms with Crippen molar-refractivity contribution in [1.82, 2.24) is 14.5 Å². The molecule has 3 aromatic carbocycles. The molecule has 32 heavy (non-hydrogen) atoms. The first-order chi connectivity index (χ1) is 15.7. The van der Waals surface area contributed by atoms with Gasteiger partial charge in [0.05, 0.1) is 16.6 Å².